The number of likely N-dealkylation sites (tertiary alicyclic amines) is 1. The number of aliphatic hydroxyl groups is 1. The van der Waals surface area contributed by atoms with Crippen LogP contribution in [0.5, 0.6) is 5.75 Å². The predicted molar refractivity (Wildman–Crippen MR) is 96.2 cm³/mol. The highest BCUT2D eigenvalue weighted by Gasteiger charge is 2.29. The third-order valence-corrected chi connectivity index (χ3v) is 4.67. The van der Waals surface area contributed by atoms with Gasteiger partial charge in [-0.1, -0.05) is 6.07 Å². The first kappa shape index (κ1) is 17.8. The van der Waals surface area contributed by atoms with E-state index in [0.29, 0.717) is 26.1 Å². The second-order valence-corrected chi connectivity index (χ2v) is 6.73. The third-order valence-electron chi connectivity index (χ3n) is 4.67. The van der Waals surface area contributed by atoms with Crippen molar-refractivity contribution in [2.24, 2.45) is 0 Å². The van der Waals surface area contributed by atoms with Crippen molar-refractivity contribution in [1.29, 1.82) is 0 Å². The molecule has 140 valence electrons. The molecule has 7 heteroatoms. The van der Waals surface area contributed by atoms with Crippen LogP contribution in [0.15, 0.2) is 48.8 Å². The number of fused-ring (bicyclic) bond motifs is 1. The molecule has 1 aromatic heterocycles. The number of rotatable bonds is 4. The Balaban J connectivity index is 1.39. The van der Waals surface area contributed by atoms with Crippen LogP contribution in [-0.4, -0.2) is 45.3 Å². The van der Waals surface area contributed by atoms with Gasteiger partial charge in [-0.15, -0.1) is 0 Å². The molecule has 1 saturated heterocycles. The van der Waals surface area contributed by atoms with Gasteiger partial charge in [-0.2, -0.15) is 0 Å². The maximum atomic E-state index is 13.3. The van der Waals surface area contributed by atoms with Crippen molar-refractivity contribution in [2.75, 3.05) is 13.1 Å². The second-order valence-electron chi connectivity index (χ2n) is 6.73. The van der Waals surface area contributed by atoms with Gasteiger partial charge in [0.25, 0.3) is 0 Å². The standard InChI is InChI=1S/C20H19F2N3O2/c21-14-8-15(22)10-16(9-14)27-20-3-6-25(12-19(20)26)11-13-1-2-17-18(7-13)24-5-4-23-17/h1-2,4-5,7-10,19-20,26H,3,6,11-12H2/t19-,20-/m1/s1. The molecular weight excluding hydrogens is 352 g/mol. The first-order valence-corrected chi connectivity index (χ1v) is 8.80. The Morgan fingerprint density at radius 3 is 2.52 bits per heavy atom. The number of hydrogen-bond donors (Lipinski definition) is 1. The number of benzene rings is 2. The van der Waals surface area contributed by atoms with E-state index in [-0.39, 0.29) is 5.75 Å². The van der Waals surface area contributed by atoms with Crippen molar-refractivity contribution in [3.05, 3.63) is 66.0 Å². The fourth-order valence-corrected chi connectivity index (χ4v) is 3.39. The molecule has 0 saturated carbocycles. The van der Waals surface area contributed by atoms with Gasteiger partial charge >= 0.3 is 0 Å². The maximum Gasteiger partial charge on any atom is 0.129 e. The van der Waals surface area contributed by atoms with Crippen LogP contribution < -0.4 is 4.74 Å². The lowest BCUT2D eigenvalue weighted by Crippen LogP contribution is -2.48. The Bertz CT molecular complexity index is 933. The Morgan fingerprint density at radius 1 is 1.04 bits per heavy atom. The third kappa shape index (κ3) is 4.20. The summed E-state index contributed by atoms with van der Waals surface area (Å²) in [6.07, 6.45) is 2.64. The summed E-state index contributed by atoms with van der Waals surface area (Å²) < 4.78 is 32.2. The lowest BCUT2D eigenvalue weighted by Gasteiger charge is -2.36. The van der Waals surface area contributed by atoms with Crippen LogP contribution in [0, 0.1) is 11.6 Å². The topological polar surface area (TPSA) is 58.5 Å². The van der Waals surface area contributed by atoms with Crippen molar-refractivity contribution in [3.8, 4) is 5.75 Å². The van der Waals surface area contributed by atoms with Gasteiger partial charge < -0.3 is 9.84 Å². The molecule has 0 bridgehead atoms. The quantitative estimate of drug-likeness (QED) is 0.764. The summed E-state index contributed by atoms with van der Waals surface area (Å²) in [5, 5.41) is 10.4. The van der Waals surface area contributed by atoms with Gasteiger partial charge in [0.15, 0.2) is 0 Å². The van der Waals surface area contributed by atoms with Crippen LogP contribution in [0.25, 0.3) is 11.0 Å². The molecule has 1 aliphatic rings. The Hall–Kier alpha value is -2.64. The minimum atomic E-state index is -0.745. The lowest BCUT2D eigenvalue weighted by atomic mass is 10.0. The van der Waals surface area contributed by atoms with Crippen LogP contribution >= 0.6 is 0 Å². The summed E-state index contributed by atoms with van der Waals surface area (Å²) in [4.78, 5) is 10.7. The number of aliphatic hydroxyl groups excluding tert-OH is 1. The molecule has 5 nitrogen and oxygen atoms in total. The van der Waals surface area contributed by atoms with E-state index in [4.69, 9.17) is 4.74 Å². The van der Waals surface area contributed by atoms with Gasteiger partial charge in [-0.25, -0.2) is 8.78 Å². The molecule has 1 fully saturated rings. The minimum Gasteiger partial charge on any atom is -0.487 e. The molecule has 0 aliphatic carbocycles. The first-order valence-electron chi connectivity index (χ1n) is 8.80. The summed E-state index contributed by atoms with van der Waals surface area (Å²) in [6, 6.07) is 8.97. The van der Waals surface area contributed by atoms with Crippen molar-refractivity contribution in [2.45, 2.75) is 25.2 Å². The van der Waals surface area contributed by atoms with Gasteiger partial charge in [0.1, 0.15) is 29.6 Å². The highest BCUT2D eigenvalue weighted by molar-refractivity contribution is 5.74. The number of ether oxygens (including phenoxy) is 1. The molecule has 0 spiro atoms. The molecule has 4 rings (SSSR count). The van der Waals surface area contributed by atoms with Gasteiger partial charge in [0, 0.05) is 50.2 Å². The molecule has 27 heavy (non-hydrogen) atoms. The molecule has 0 radical (unpaired) electrons. The Labute approximate surface area is 155 Å². The summed E-state index contributed by atoms with van der Waals surface area (Å²) in [7, 11) is 0. The van der Waals surface area contributed by atoms with E-state index in [1.807, 2.05) is 18.2 Å². The van der Waals surface area contributed by atoms with Crippen molar-refractivity contribution < 1.29 is 18.6 Å². The van der Waals surface area contributed by atoms with E-state index in [1.54, 1.807) is 12.4 Å². The van der Waals surface area contributed by atoms with Crippen LogP contribution in [0.1, 0.15) is 12.0 Å². The number of piperidine rings is 1. The average molecular weight is 371 g/mol. The van der Waals surface area contributed by atoms with Crippen LogP contribution in [0.4, 0.5) is 8.78 Å². The molecule has 0 unspecified atom stereocenters. The minimum absolute atomic E-state index is 0.0955. The molecule has 1 N–H and O–H groups in total. The number of hydrogen-bond acceptors (Lipinski definition) is 5. The SMILES string of the molecule is O[C@@H]1CN(Cc2ccc3nccnc3c2)CC[C@H]1Oc1cc(F)cc(F)c1. The van der Waals surface area contributed by atoms with E-state index in [0.717, 1.165) is 34.8 Å². The smallest absolute Gasteiger partial charge is 0.129 e. The maximum absolute atomic E-state index is 13.3. The molecule has 2 atom stereocenters. The Kier molecular flexibility index (Phi) is 4.96. The zero-order valence-electron chi connectivity index (χ0n) is 14.6. The van der Waals surface area contributed by atoms with E-state index < -0.39 is 23.8 Å². The summed E-state index contributed by atoms with van der Waals surface area (Å²) >= 11 is 0. The first-order chi connectivity index (χ1) is 13.1. The van der Waals surface area contributed by atoms with E-state index in [2.05, 4.69) is 14.9 Å². The summed E-state index contributed by atoms with van der Waals surface area (Å²) in [6.45, 7) is 1.80. The zero-order valence-corrected chi connectivity index (χ0v) is 14.6. The second kappa shape index (κ2) is 7.54. The predicted octanol–water partition coefficient (Wildman–Crippen LogP) is 2.92. The van der Waals surface area contributed by atoms with E-state index >= 15 is 0 Å². The molecule has 2 heterocycles. The molecule has 0 amide bonds. The summed E-state index contributed by atoms with van der Waals surface area (Å²) in [5.41, 5.74) is 2.76. The monoisotopic (exact) mass is 371 g/mol. The van der Waals surface area contributed by atoms with Crippen LogP contribution in [0.3, 0.4) is 0 Å². The highest BCUT2D eigenvalue weighted by Crippen LogP contribution is 2.23. The van der Waals surface area contributed by atoms with Crippen LogP contribution in [0.2, 0.25) is 0 Å². The van der Waals surface area contributed by atoms with E-state index in [9.17, 15) is 13.9 Å². The molecular formula is C20H19F2N3O2. The van der Waals surface area contributed by atoms with E-state index in [1.165, 1.54) is 0 Å². The number of aromatic nitrogens is 2. The Morgan fingerprint density at radius 2 is 1.78 bits per heavy atom. The molecule has 1 aliphatic heterocycles. The van der Waals surface area contributed by atoms with Gasteiger partial charge in [0.05, 0.1) is 11.0 Å². The van der Waals surface area contributed by atoms with Crippen molar-refractivity contribution in [1.82, 2.24) is 14.9 Å². The van der Waals surface area contributed by atoms with Crippen LogP contribution in [-0.2, 0) is 6.54 Å². The normalized spacial score (nSPS) is 20.7. The zero-order chi connectivity index (χ0) is 18.8. The molecule has 2 aromatic carbocycles. The largest absolute Gasteiger partial charge is 0.487 e. The number of β-amino-alcohol motifs (C(OH)–C–C–N with tert-alkyl or cyclic N) is 1. The van der Waals surface area contributed by atoms with Crippen molar-refractivity contribution in [3.63, 3.8) is 0 Å². The summed E-state index contributed by atoms with van der Waals surface area (Å²) in [5.74, 6) is -1.30. The number of nitrogens with zero attached hydrogens (tertiary/aromatic N) is 3. The fraction of sp³-hybridized carbons (Fsp3) is 0.300. The van der Waals surface area contributed by atoms with Gasteiger partial charge in [-0.3, -0.25) is 14.9 Å². The number of halogens is 2. The average Bonchev–Trinajstić information content (AvgIpc) is 2.63. The van der Waals surface area contributed by atoms with Gasteiger partial charge in [0.2, 0.25) is 0 Å². The lowest BCUT2D eigenvalue weighted by molar-refractivity contribution is -0.0277. The molecule has 3 aromatic rings. The van der Waals surface area contributed by atoms with Crippen molar-refractivity contribution >= 4 is 11.0 Å². The van der Waals surface area contributed by atoms with Gasteiger partial charge in [-0.05, 0) is 24.1 Å². The highest BCUT2D eigenvalue weighted by atomic mass is 19.1. The fourth-order valence-electron chi connectivity index (χ4n) is 3.39.